The molecule has 0 spiro atoms. The van der Waals surface area contributed by atoms with Gasteiger partial charge in [-0.1, -0.05) is 158 Å². The number of hydrogen-bond donors (Lipinski definition) is 0. The van der Waals surface area contributed by atoms with Gasteiger partial charge in [0.05, 0.1) is 11.0 Å². The third-order valence-corrected chi connectivity index (χ3v) is 16.0. The summed E-state index contributed by atoms with van der Waals surface area (Å²) < 4.78 is 16.5. The lowest BCUT2D eigenvalue weighted by Crippen LogP contribution is -2.75. The van der Waals surface area contributed by atoms with Gasteiger partial charge in [-0.25, -0.2) is 0 Å². The summed E-state index contributed by atoms with van der Waals surface area (Å²) in [4.78, 5) is 0. The predicted octanol–water partition coefficient (Wildman–Crippen LogP) is 7.43. The van der Waals surface area contributed by atoms with E-state index in [-0.39, 0.29) is 6.92 Å². The van der Waals surface area contributed by atoms with E-state index in [1.165, 1.54) is 48.1 Å². The summed E-state index contributed by atoms with van der Waals surface area (Å²) in [6.45, 7) is -0.304. The normalized spacial score (nSPS) is 12.8. The molecule has 9 aromatic rings. The molecule has 0 fully saturated rings. The zero-order chi connectivity index (χ0) is 34.9. The first-order chi connectivity index (χ1) is 26.3. The molecule has 3 nitrogen and oxygen atoms in total. The second-order valence-corrected chi connectivity index (χ2v) is 17.8. The molecule has 11 rings (SSSR count). The van der Waals surface area contributed by atoms with Crippen LogP contribution < -0.4 is 41.1 Å². The topological polar surface area (TPSA) is 23.4 Å². The summed E-state index contributed by atoms with van der Waals surface area (Å²) in [7, 11) is -2.86. The first-order valence-corrected chi connectivity index (χ1v) is 20.2. The maximum Gasteiger partial charge on any atom is 0.434 e. The Labute approximate surface area is 309 Å². The van der Waals surface area contributed by atoms with Crippen LogP contribution >= 0.6 is 0 Å². The number of rotatable bonds is 5. The number of ether oxygens (including phenoxy) is 1. The van der Waals surface area contributed by atoms with E-state index in [9.17, 15) is 0 Å². The molecular formula is C48H32BNO2Si. The summed E-state index contributed by atoms with van der Waals surface area (Å²) in [6.07, 6.45) is 0. The van der Waals surface area contributed by atoms with E-state index in [0.29, 0.717) is 0 Å². The lowest BCUT2D eigenvalue weighted by Gasteiger charge is -2.38. The standard InChI is InChI=1S/C48H32BNO2Si/c1-4-16-34(17-5-1)53(35-18-6-2-7-19-35,36-20-8-3-9-21-36)37-31-41-40-24-12-15-27-45(40)52-49-42-29-28-33(30-46(42)51-47(32-37)48(41)49)50-43-25-13-10-22-38(43)39-23-11-14-26-44(39)50/h1-32H. The molecule has 0 atom stereocenters. The predicted molar refractivity (Wildman–Crippen MR) is 222 cm³/mol. The highest BCUT2D eigenvalue weighted by Gasteiger charge is 2.46. The number of hydrogen-bond acceptors (Lipinski definition) is 2. The van der Waals surface area contributed by atoms with E-state index < -0.39 is 8.07 Å². The summed E-state index contributed by atoms with van der Waals surface area (Å²) in [5.41, 5.74) is 7.76. The molecule has 0 amide bonds. The van der Waals surface area contributed by atoms with Gasteiger partial charge < -0.3 is 14.0 Å². The Morgan fingerprint density at radius 2 is 0.962 bits per heavy atom. The molecule has 0 unspecified atom stereocenters. The minimum absolute atomic E-state index is 0.304. The highest BCUT2D eigenvalue weighted by atomic mass is 28.3. The van der Waals surface area contributed by atoms with E-state index in [4.69, 9.17) is 9.39 Å². The number of aromatic nitrogens is 1. The smallest absolute Gasteiger partial charge is 0.434 e. The quantitative estimate of drug-likeness (QED) is 0.138. The Bertz CT molecular complexity index is 2700. The fourth-order valence-corrected chi connectivity index (χ4v) is 13.8. The van der Waals surface area contributed by atoms with Gasteiger partial charge in [-0.2, -0.15) is 0 Å². The summed E-state index contributed by atoms with van der Waals surface area (Å²) in [5, 5.41) is 7.71. The minimum Gasteiger partial charge on any atom is -0.551 e. The Morgan fingerprint density at radius 1 is 0.415 bits per heavy atom. The molecule has 0 radical (unpaired) electrons. The van der Waals surface area contributed by atoms with Crippen LogP contribution in [-0.2, 0) is 0 Å². The van der Waals surface area contributed by atoms with Crippen LogP contribution in [-0.4, -0.2) is 19.6 Å². The van der Waals surface area contributed by atoms with Crippen molar-refractivity contribution >= 4 is 68.5 Å². The van der Waals surface area contributed by atoms with Crippen LogP contribution in [0.3, 0.4) is 0 Å². The van der Waals surface area contributed by atoms with Crippen molar-refractivity contribution < 1.29 is 9.39 Å². The summed E-state index contributed by atoms with van der Waals surface area (Å²) >= 11 is 0. The highest BCUT2D eigenvalue weighted by molar-refractivity contribution is 7.20. The molecule has 0 saturated carbocycles. The van der Waals surface area contributed by atoms with Crippen LogP contribution in [0.4, 0.5) is 0 Å². The van der Waals surface area contributed by atoms with E-state index in [1.807, 2.05) is 0 Å². The van der Waals surface area contributed by atoms with Crippen molar-refractivity contribution in [1.82, 2.24) is 4.57 Å². The number of benzene rings is 8. The molecule has 3 heterocycles. The number of para-hydroxylation sites is 3. The minimum atomic E-state index is -2.86. The second kappa shape index (κ2) is 11.7. The van der Waals surface area contributed by atoms with Gasteiger partial charge in [0.25, 0.3) is 0 Å². The molecule has 5 heteroatoms. The van der Waals surface area contributed by atoms with Crippen LogP contribution in [0.15, 0.2) is 194 Å². The van der Waals surface area contributed by atoms with E-state index in [1.54, 1.807) is 0 Å². The fourth-order valence-electron chi connectivity index (χ4n) is 8.97. The SMILES string of the molecule is c1ccc([Si](c2ccccc2)(c2ccccc2)c2cc3c4c(c2)-c2ccccc2OB4c2ccc(-n4c5ccccc5c5ccccc54)cc2O3)cc1. The summed E-state index contributed by atoms with van der Waals surface area (Å²) in [5.74, 6) is 2.55. The molecule has 0 N–H and O–H groups in total. The maximum absolute atomic E-state index is 7.17. The van der Waals surface area contributed by atoms with Crippen LogP contribution in [0.5, 0.6) is 17.2 Å². The van der Waals surface area contributed by atoms with E-state index >= 15 is 0 Å². The first-order valence-electron chi connectivity index (χ1n) is 18.2. The van der Waals surface area contributed by atoms with Gasteiger partial charge in [0.1, 0.15) is 17.2 Å². The molecule has 8 aromatic carbocycles. The van der Waals surface area contributed by atoms with Crippen molar-refractivity contribution in [3.63, 3.8) is 0 Å². The van der Waals surface area contributed by atoms with Gasteiger partial charge in [-0.05, 0) is 56.6 Å². The molecule has 2 aliphatic rings. The average molecular weight is 694 g/mol. The zero-order valence-electron chi connectivity index (χ0n) is 28.8. The van der Waals surface area contributed by atoms with Crippen molar-refractivity contribution in [2.75, 3.05) is 0 Å². The highest BCUT2D eigenvalue weighted by Crippen LogP contribution is 2.40. The molecule has 1 aromatic heterocycles. The summed E-state index contributed by atoms with van der Waals surface area (Å²) in [6, 6.07) is 70.4. The monoisotopic (exact) mass is 693 g/mol. The van der Waals surface area contributed by atoms with E-state index in [0.717, 1.165) is 39.4 Å². The van der Waals surface area contributed by atoms with Crippen LogP contribution in [0.25, 0.3) is 38.6 Å². The fraction of sp³-hybridized carbons (Fsp3) is 0. The average Bonchev–Trinajstić information content (AvgIpc) is 3.56. The number of fused-ring (bicyclic) bond motifs is 7. The third-order valence-electron chi connectivity index (χ3n) is 11.2. The van der Waals surface area contributed by atoms with Crippen LogP contribution in [0.2, 0.25) is 0 Å². The van der Waals surface area contributed by atoms with Crippen molar-refractivity contribution in [3.05, 3.63) is 194 Å². The van der Waals surface area contributed by atoms with Crippen molar-refractivity contribution in [2.45, 2.75) is 0 Å². The lowest BCUT2D eigenvalue weighted by molar-refractivity contribution is 0.479. The van der Waals surface area contributed by atoms with Crippen molar-refractivity contribution in [1.29, 1.82) is 0 Å². The molecule has 0 saturated heterocycles. The van der Waals surface area contributed by atoms with Gasteiger partial charge in [-0.3, -0.25) is 0 Å². The zero-order valence-corrected chi connectivity index (χ0v) is 29.8. The third kappa shape index (κ3) is 4.41. The van der Waals surface area contributed by atoms with Crippen LogP contribution in [0, 0.1) is 0 Å². The van der Waals surface area contributed by atoms with Crippen LogP contribution in [0.1, 0.15) is 0 Å². The Balaban J connectivity index is 1.18. The van der Waals surface area contributed by atoms with Gasteiger partial charge in [-0.15, -0.1) is 0 Å². The maximum atomic E-state index is 7.17. The largest absolute Gasteiger partial charge is 0.551 e. The van der Waals surface area contributed by atoms with Gasteiger partial charge in [0.2, 0.25) is 0 Å². The second-order valence-electron chi connectivity index (χ2n) is 14.0. The lowest BCUT2D eigenvalue weighted by atomic mass is 9.51. The van der Waals surface area contributed by atoms with Gasteiger partial charge in [0, 0.05) is 39.0 Å². The van der Waals surface area contributed by atoms with Crippen molar-refractivity contribution in [3.8, 4) is 34.1 Å². The molecule has 2 aliphatic heterocycles. The molecule has 0 aliphatic carbocycles. The Hall–Kier alpha value is -6.56. The van der Waals surface area contributed by atoms with Gasteiger partial charge in [0.15, 0.2) is 8.07 Å². The number of nitrogens with zero attached hydrogens (tertiary/aromatic N) is 1. The van der Waals surface area contributed by atoms with Gasteiger partial charge >= 0.3 is 6.92 Å². The molecular weight excluding hydrogens is 661 g/mol. The van der Waals surface area contributed by atoms with Crippen molar-refractivity contribution in [2.24, 2.45) is 0 Å². The Morgan fingerprint density at radius 3 is 1.58 bits per heavy atom. The first kappa shape index (κ1) is 30.1. The van der Waals surface area contributed by atoms with E-state index in [2.05, 4.69) is 199 Å². The molecule has 0 bridgehead atoms. The molecule has 53 heavy (non-hydrogen) atoms. The molecule has 248 valence electrons. The Kier molecular flexibility index (Phi) is 6.67.